The van der Waals surface area contributed by atoms with Crippen molar-refractivity contribution in [1.82, 2.24) is 0 Å². The second-order valence-electron chi connectivity index (χ2n) is 5.82. The Balaban J connectivity index is 2.23. The van der Waals surface area contributed by atoms with Crippen LogP contribution >= 0.6 is 0 Å². The first-order valence-corrected chi connectivity index (χ1v) is 6.54. The summed E-state index contributed by atoms with van der Waals surface area (Å²) in [7, 11) is 0. The molecule has 0 bridgehead atoms. The second-order valence-corrected chi connectivity index (χ2v) is 5.82. The largest absolute Gasteiger partial charge is 0.366 e. The lowest BCUT2D eigenvalue weighted by molar-refractivity contribution is 0.101. The van der Waals surface area contributed by atoms with E-state index in [0.29, 0.717) is 6.04 Å². The quantitative estimate of drug-likeness (QED) is 0.816. The van der Waals surface area contributed by atoms with Gasteiger partial charge in [0.1, 0.15) is 0 Å². The summed E-state index contributed by atoms with van der Waals surface area (Å²) in [6, 6.07) is 8.18. The van der Waals surface area contributed by atoms with Crippen molar-refractivity contribution in [2.75, 3.05) is 11.4 Å². The number of ketones is 1. The third kappa shape index (κ3) is 2.56. The van der Waals surface area contributed by atoms with E-state index in [1.807, 2.05) is 24.3 Å². The van der Waals surface area contributed by atoms with E-state index in [1.165, 1.54) is 5.69 Å². The number of Topliss-reactive ketones (excluding diaryl/α,β-unsaturated/α-hetero) is 1. The van der Waals surface area contributed by atoms with E-state index in [1.54, 1.807) is 6.92 Å². The van der Waals surface area contributed by atoms with Crippen LogP contribution in [0.5, 0.6) is 0 Å². The highest BCUT2D eigenvalue weighted by atomic mass is 16.1. The minimum Gasteiger partial charge on any atom is -0.366 e. The molecule has 1 aromatic carbocycles. The van der Waals surface area contributed by atoms with Crippen LogP contribution in [0.3, 0.4) is 0 Å². The van der Waals surface area contributed by atoms with Crippen molar-refractivity contribution in [2.24, 2.45) is 5.73 Å². The Morgan fingerprint density at radius 3 is 2.44 bits per heavy atom. The smallest absolute Gasteiger partial charge is 0.159 e. The summed E-state index contributed by atoms with van der Waals surface area (Å²) in [6.45, 7) is 7.03. The van der Waals surface area contributed by atoms with Crippen LogP contribution in [0.15, 0.2) is 24.3 Å². The van der Waals surface area contributed by atoms with Crippen molar-refractivity contribution in [1.29, 1.82) is 0 Å². The maximum atomic E-state index is 11.3. The molecule has 1 fully saturated rings. The molecule has 0 spiro atoms. The Kier molecular flexibility index (Phi) is 3.44. The number of carbonyl (C=O) groups excluding carboxylic acids is 1. The molecule has 1 unspecified atom stereocenters. The summed E-state index contributed by atoms with van der Waals surface area (Å²) in [5, 5.41) is 0. The van der Waals surface area contributed by atoms with Gasteiger partial charge in [0.15, 0.2) is 5.78 Å². The zero-order chi connectivity index (χ0) is 13.3. The molecule has 0 aliphatic carbocycles. The lowest BCUT2D eigenvalue weighted by atomic mass is 9.87. The van der Waals surface area contributed by atoms with Crippen LogP contribution in [0.25, 0.3) is 0 Å². The molecule has 1 aromatic rings. The molecule has 0 radical (unpaired) electrons. The zero-order valence-corrected chi connectivity index (χ0v) is 11.4. The first-order valence-electron chi connectivity index (χ1n) is 6.54. The Morgan fingerprint density at radius 2 is 1.94 bits per heavy atom. The molecule has 1 saturated heterocycles. The summed E-state index contributed by atoms with van der Waals surface area (Å²) < 4.78 is 0. The second kappa shape index (κ2) is 4.73. The summed E-state index contributed by atoms with van der Waals surface area (Å²) in [5.74, 6) is 0.112. The highest BCUT2D eigenvalue weighted by Crippen LogP contribution is 2.32. The molecular weight excluding hydrogens is 224 g/mol. The molecule has 2 rings (SSSR count). The van der Waals surface area contributed by atoms with E-state index in [-0.39, 0.29) is 11.3 Å². The fourth-order valence-electron chi connectivity index (χ4n) is 2.81. The minimum atomic E-state index is 0.0788. The van der Waals surface area contributed by atoms with Gasteiger partial charge < -0.3 is 10.6 Å². The number of rotatable bonds is 2. The van der Waals surface area contributed by atoms with Crippen molar-refractivity contribution in [3.05, 3.63) is 29.8 Å². The van der Waals surface area contributed by atoms with Gasteiger partial charge >= 0.3 is 0 Å². The van der Waals surface area contributed by atoms with Gasteiger partial charge in [-0.1, -0.05) is 0 Å². The number of piperidine rings is 1. The summed E-state index contributed by atoms with van der Waals surface area (Å²) in [5.41, 5.74) is 8.07. The molecule has 98 valence electrons. The molecule has 1 aliphatic rings. The molecule has 1 aliphatic heterocycles. The van der Waals surface area contributed by atoms with Crippen LogP contribution in [0, 0.1) is 0 Å². The lowest BCUT2D eigenvalue weighted by Gasteiger charge is -2.46. The van der Waals surface area contributed by atoms with E-state index in [9.17, 15) is 4.79 Å². The van der Waals surface area contributed by atoms with Crippen LogP contribution in [0.2, 0.25) is 0 Å². The number of hydrogen-bond acceptors (Lipinski definition) is 3. The van der Waals surface area contributed by atoms with Crippen molar-refractivity contribution < 1.29 is 4.79 Å². The van der Waals surface area contributed by atoms with Crippen molar-refractivity contribution in [2.45, 2.75) is 45.2 Å². The van der Waals surface area contributed by atoms with Gasteiger partial charge in [0.2, 0.25) is 0 Å². The van der Waals surface area contributed by atoms with E-state index < -0.39 is 0 Å². The Hall–Kier alpha value is -1.35. The number of nitrogens with zero attached hydrogens (tertiary/aromatic N) is 1. The predicted molar refractivity (Wildman–Crippen MR) is 75.1 cm³/mol. The maximum absolute atomic E-state index is 11.3. The molecular formula is C15H22N2O. The van der Waals surface area contributed by atoms with Gasteiger partial charge in [-0.2, -0.15) is 0 Å². The van der Waals surface area contributed by atoms with E-state index >= 15 is 0 Å². The van der Waals surface area contributed by atoms with Crippen molar-refractivity contribution in [3.8, 4) is 0 Å². The Morgan fingerprint density at radius 1 is 1.33 bits per heavy atom. The molecule has 0 amide bonds. The Bertz CT molecular complexity index is 436. The number of anilines is 1. The van der Waals surface area contributed by atoms with Gasteiger partial charge in [-0.15, -0.1) is 0 Å². The molecule has 3 heteroatoms. The molecule has 0 aromatic heterocycles. The molecule has 0 saturated carbocycles. The average Bonchev–Trinajstić information content (AvgIpc) is 2.28. The SMILES string of the molecule is CC(=O)c1ccc(N2CCC(N)CC2(C)C)cc1. The van der Waals surface area contributed by atoms with E-state index in [4.69, 9.17) is 5.73 Å². The first-order chi connectivity index (χ1) is 8.40. The van der Waals surface area contributed by atoms with E-state index in [0.717, 1.165) is 24.9 Å². The fourth-order valence-corrected chi connectivity index (χ4v) is 2.81. The monoisotopic (exact) mass is 246 g/mol. The minimum absolute atomic E-state index is 0.0788. The first kappa shape index (κ1) is 13.1. The summed E-state index contributed by atoms with van der Waals surface area (Å²) in [6.07, 6.45) is 2.03. The lowest BCUT2D eigenvalue weighted by Crippen LogP contribution is -2.53. The zero-order valence-electron chi connectivity index (χ0n) is 11.4. The number of nitrogens with two attached hydrogens (primary N) is 1. The van der Waals surface area contributed by atoms with Gasteiger partial charge in [-0.3, -0.25) is 4.79 Å². The molecule has 2 N–H and O–H groups in total. The normalized spacial score (nSPS) is 22.9. The fraction of sp³-hybridized carbons (Fsp3) is 0.533. The third-order valence-corrected chi connectivity index (χ3v) is 3.80. The third-order valence-electron chi connectivity index (χ3n) is 3.80. The topological polar surface area (TPSA) is 46.3 Å². The highest BCUT2D eigenvalue weighted by molar-refractivity contribution is 5.94. The molecule has 1 atom stereocenters. The van der Waals surface area contributed by atoms with Gasteiger partial charge in [0, 0.05) is 29.4 Å². The van der Waals surface area contributed by atoms with Crippen molar-refractivity contribution >= 4 is 11.5 Å². The molecule has 1 heterocycles. The van der Waals surface area contributed by atoms with E-state index in [2.05, 4.69) is 18.7 Å². The van der Waals surface area contributed by atoms with Gasteiger partial charge in [0.05, 0.1) is 0 Å². The number of hydrogen-bond donors (Lipinski definition) is 1. The highest BCUT2D eigenvalue weighted by Gasteiger charge is 2.33. The van der Waals surface area contributed by atoms with Crippen LogP contribution in [0.4, 0.5) is 5.69 Å². The summed E-state index contributed by atoms with van der Waals surface area (Å²) >= 11 is 0. The Labute approximate surface area is 109 Å². The predicted octanol–water partition coefficient (Wildman–Crippen LogP) is 2.60. The number of carbonyl (C=O) groups is 1. The van der Waals surface area contributed by atoms with Gasteiger partial charge in [0.25, 0.3) is 0 Å². The maximum Gasteiger partial charge on any atom is 0.159 e. The van der Waals surface area contributed by atoms with Crippen LogP contribution in [-0.4, -0.2) is 23.9 Å². The number of benzene rings is 1. The molecule has 18 heavy (non-hydrogen) atoms. The van der Waals surface area contributed by atoms with Crippen LogP contribution < -0.4 is 10.6 Å². The van der Waals surface area contributed by atoms with Gasteiger partial charge in [-0.25, -0.2) is 0 Å². The average molecular weight is 246 g/mol. The van der Waals surface area contributed by atoms with Crippen molar-refractivity contribution in [3.63, 3.8) is 0 Å². The standard InChI is InChI=1S/C15H22N2O/c1-11(18)12-4-6-14(7-5-12)17-9-8-13(16)10-15(17,2)3/h4-7,13H,8-10,16H2,1-3H3. The summed E-state index contributed by atoms with van der Waals surface area (Å²) in [4.78, 5) is 13.7. The van der Waals surface area contributed by atoms with Crippen LogP contribution in [-0.2, 0) is 0 Å². The molecule has 3 nitrogen and oxygen atoms in total. The van der Waals surface area contributed by atoms with Gasteiger partial charge in [-0.05, 0) is 57.9 Å². The van der Waals surface area contributed by atoms with Crippen LogP contribution in [0.1, 0.15) is 44.0 Å².